The fourth-order valence-corrected chi connectivity index (χ4v) is 2.41. The van der Waals surface area contributed by atoms with Crippen LogP contribution in [-0.2, 0) is 9.59 Å². The van der Waals surface area contributed by atoms with Crippen molar-refractivity contribution in [3.8, 4) is 0 Å². The molecule has 0 heterocycles. The Balaban J connectivity index is 1.82. The van der Waals surface area contributed by atoms with Crippen molar-refractivity contribution in [2.75, 3.05) is 11.9 Å². The maximum atomic E-state index is 12.0. The van der Waals surface area contributed by atoms with Crippen molar-refractivity contribution < 1.29 is 9.59 Å². The van der Waals surface area contributed by atoms with Gasteiger partial charge < -0.3 is 10.6 Å². The van der Waals surface area contributed by atoms with Crippen LogP contribution in [0.2, 0.25) is 0 Å². The highest BCUT2D eigenvalue weighted by molar-refractivity contribution is 9.10. The number of carbonyl (C=O) groups excluding carboxylic acids is 2. The molecule has 2 amide bonds. The molecule has 2 atom stereocenters. The number of anilines is 1. The van der Waals surface area contributed by atoms with Gasteiger partial charge in [-0.25, -0.2) is 0 Å². The second-order valence-corrected chi connectivity index (χ2v) is 6.50. The van der Waals surface area contributed by atoms with Gasteiger partial charge >= 0.3 is 0 Å². The van der Waals surface area contributed by atoms with Gasteiger partial charge in [0.25, 0.3) is 0 Å². The summed E-state index contributed by atoms with van der Waals surface area (Å²) >= 11 is 3.36. The molecule has 0 radical (unpaired) electrons. The van der Waals surface area contributed by atoms with Crippen molar-refractivity contribution in [1.29, 1.82) is 0 Å². The molecule has 1 aliphatic carbocycles. The first-order valence-corrected chi connectivity index (χ1v) is 7.61. The molecule has 0 bridgehead atoms. The van der Waals surface area contributed by atoms with Crippen LogP contribution >= 0.6 is 15.9 Å². The molecule has 108 valence electrons. The summed E-state index contributed by atoms with van der Waals surface area (Å²) in [5.74, 6) is -0.0189. The van der Waals surface area contributed by atoms with E-state index >= 15 is 0 Å². The van der Waals surface area contributed by atoms with E-state index in [9.17, 15) is 9.59 Å². The average Bonchev–Trinajstić information content (AvgIpc) is 3.16. The number of rotatable bonds is 5. The average molecular weight is 339 g/mol. The summed E-state index contributed by atoms with van der Waals surface area (Å²) in [6.07, 6.45) is 0.643. The molecule has 1 aromatic rings. The predicted molar refractivity (Wildman–Crippen MR) is 82.2 cm³/mol. The smallest absolute Gasteiger partial charge is 0.228 e. The van der Waals surface area contributed by atoms with E-state index in [1.807, 2.05) is 38.1 Å². The molecule has 0 aliphatic heterocycles. The molecule has 1 saturated carbocycles. The van der Waals surface area contributed by atoms with E-state index in [4.69, 9.17) is 0 Å². The lowest BCUT2D eigenvalue weighted by molar-refractivity contribution is -0.125. The largest absolute Gasteiger partial charge is 0.356 e. The number of halogens is 1. The van der Waals surface area contributed by atoms with Gasteiger partial charge in [0.15, 0.2) is 0 Å². The van der Waals surface area contributed by atoms with E-state index in [1.165, 1.54) is 0 Å². The van der Waals surface area contributed by atoms with Gasteiger partial charge in [0.1, 0.15) is 0 Å². The fourth-order valence-electron chi connectivity index (χ4n) is 2.01. The Morgan fingerprint density at radius 3 is 2.65 bits per heavy atom. The maximum absolute atomic E-state index is 12.0. The predicted octanol–water partition coefficient (Wildman–Crippen LogP) is 2.80. The first kappa shape index (κ1) is 15.0. The molecular weight excluding hydrogens is 320 g/mol. The molecule has 5 heteroatoms. The standard InChI is InChI=1S/C15H19BrN2O2/c1-9(2)8-17-14(19)12-7-13(12)15(20)18-11-5-3-4-10(16)6-11/h3-6,9,12-13H,7-8H2,1-2H3,(H,17,19)(H,18,20). The number of hydrogen-bond donors (Lipinski definition) is 2. The third-order valence-electron chi connectivity index (χ3n) is 3.24. The van der Waals surface area contributed by atoms with Crippen LogP contribution in [-0.4, -0.2) is 18.4 Å². The van der Waals surface area contributed by atoms with E-state index in [1.54, 1.807) is 0 Å². The zero-order valence-electron chi connectivity index (χ0n) is 11.7. The van der Waals surface area contributed by atoms with E-state index < -0.39 is 0 Å². The number of carbonyl (C=O) groups is 2. The molecule has 2 rings (SSSR count). The molecule has 0 aromatic heterocycles. The number of amides is 2. The summed E-state index contributed by atoms with van der Waals surface area (Å²) in [6, 6.07) is 7.43. The first-order valence-electron chi connectivity index (χ1n) is 6.81. The van der Waals surface area contributed by atoms with Crippen LogP contribution in [0.3, 0.4) is 0 Å². The molecule has 4 nitrogen and oxygen atoms in total. The van der Waals surface area contributed by atoms with Gasteiger partial charge in [-0.2, -0.15) is 0 Å². The Morgan fingerprint density at radius 2 is 2.00 bits per heavy atom. The van der Waals surface area contributed by atoms with Crippen LogP contribution in [0.1, 0.15) is 20.3 Å². The van der Waals surface area contributed by atoms with E-state index in [-0.39, 0.29) is 23.7 Å². The third kappa shape index (κ3) is 4.07. The van der Waals surface area contributed by atoms with Gasteiger partial charge in [0.2, 0.25) is 11.8 Å². The summed E-state index contributed by atoms with van der Waals surface area (Å²) in [7, 11) is 0. The number of nitrogens with one attached hydrogen (secondary N) is 2. The topological polar surface area (TPSA) is 58.2 Å². The van der Waals surface area contributed by atoms with Gasteiger partial charge in [0.05, 0.1) is 11.8 Å². The highest BCUT2D eigenvalue weighted by Crippen LogP contribution is 2.39. The van der Waals surface area contributed by atoms with Crippen molar-refractivity contribution >= 4 is 33.4 Å². The van der Waals surface area contributed by atoms with Crippen LogP contribution in [0, 0.1) is 17.8 Å². The third-order valence-corrected chi connectivity index (χ3v) is 3.73. The highest BCUT2D eigenvalue weighted by atomic mass is 79.9. The van der Waals surface area contributed by atoms with Crippen LogP contribution < -0.4 is 10.6 Å². The molecular formula is C15H19BrN2O2. The van der Waals surface area contributed by atoms with E-state index in [0.29, 0.717) is 18.9 Å². The molecule has 2 N–H and O–H groups in total. The Hall–Kier alpha value is -1.36. The van der Waals surface area contributed by atoms with Gasteiger partial charge in [0, 0.05) is 16.7 Å². The Morgan fingerprint density at radius 1 is 1.30 bits per heavy atom. The van der Waals surface area contributed by atoms with E-state index in [2.05, 4.69) is 26.6 Å². The minimum Gasteiger partial charge on any atom is -0.356 e. The molecule has 1 aliphatic rings. The second-order valence-electron chi connectivity index (χ2n) is 5.59. The lowest BCUT2D eigenvalue weighted by Crippen LogP contribution is -2.30. The van der Waals surface area contributed by atoms with Crippen molar-refractivity contribution in [1.82, 2.24) is 5.32 Å². The summed E-state index contributed by atoms with van der Waals surface area (Å²) in [6.45, 7) is 4.75. The Bertz CT molecular complexity index is 516. The quantitative estimate of drug-likeness (QED) is 0.867. The van der Waals surface area contributed by atoms with Gasteiger partial charge in [-0.3, -0.25) is 9.59 Å². The second kappa shape index (κ2) is 6.39. The summed E-state index contributed by atoms with van der Waals surface area (Å²) in [5, 5.41) is 5.72. The fraction of sp³-hybridized carbons (Fsp3) is 0.467. The van der Waals surface area contributed by atoms with Crippen molar-refractivity contribution in [3.63, 3.8) is 0 Å². The molecule has 20 heavy (non-hydrogen) atoms. The molecule has 2 unspecified atom stereocenters. The van der Waals surface area contributed by atoms with Gasteiger partial charge in [-0.15, -0.1) is 0 Å². The van der Waals surface area contributed by atoms with Gasteiger partial charge in [-0.05, 0) is 30.5 Å². The van der Waals surface area contributed by atoms with Crippen LogP contribution in [0.15, 0.2) is 28.7 Å². The summed E-state index contributed by atoms with van der Waals surface area (Å²) in [4.78, 5) is 23.9. The van der Waals surface area contributed by atoms with Crippen LogP contribution in [0.25, 0.3) is 0 Å². The van der Waals surface area contributed by atoms with Gasteiger partial charge in [-0.1, -0.05) is 35.8 Å². The summed E-state index contributed by atoms with van der Waals surface area (Å²) in [5.41, 5.74) is 0.748. The summed E-state index contributed by atoms with van der Waals surface area (Å²) < 4.78 is 0.914. The Labute approximate surface area is 127 Å². The normalized spacial score (nSPS) is 20.6. The highest BCUT2D eigenvalue weighted by Gasteiger charge is 2.47. The van der Waals surface area contributed by atoms with E-state index in [0.717, 1.165) is 10.2 Å². The van der Waals surface area contributed by atoms with Crippen molar-refractivity contribution in [3.05, 3.63) is 28.7 Å². The minimum absolute atomic E-state index is 0.00640. The zero-order valence-corrected chi connectivity index (χ0v) is 13.2. The lowest BCUT2D eigenvalue weighted by Gasteiger charge is -2.08. The van der Waals surface area contributed by atoms with Crippen LogP contribution in [0.4, 0.5) is 5.69 Å². The first-order chi connectivity index (χ1) is 9.47. The van der Waals surface area contributed by atoms with Crippen molar-refractivity contribution in [2.24, 2.45) is 17.8 Å². The molecule has 0 spiro atoms. The van der Waals surface area contributed by atoms with Crippen LogP contribution in [0.5, 0.6) is 0 Å². The number of benzene rings is 1. The maximum Gasteiger partial charge on any atom is 0.228 e. The van der Waals surface area contributed by atoms with Crippen molar-refractivity contribution in [2.45, 2.75) is 20.3 Å². The minimum atomic E-state index is -0.193. The SMILES string of the molecule is CC(C)CNC(=O)C1CC1C(=O)Nc1cccc(Br)c1. The monoisotopic (exact) mass is 338 g/mol. The Kier molecular flexibility index (Phi) is 4.81. The molecule has 1 aromatic carbocycles. The molecule has 0 saturated heterocycles. The number of hydrogen-bond acceptors (Lipinski definition) is 2. The lowest BCUT2D eigenvalue weighted by atomic mass is 10.2. The zero-order chi connectivity index (χ0) is 14.7. The molecule has 1 fully saturated rings.